The van der Waals surface area contributed by atoms with Crippen LogP contribution in [0.15, 0.2) is 61.2 Å². The lowest BCUT2D eigenvalue weighted by Crippen LogP contribution is -2.46. The van der Waals surface area contributed by atoms with Crippen molar-refractivity contribution in [3.05, 3.63) is 61.2 Å². The van der Waals surface area contributed by atoms with Crippen LogP contribution in [0.5, 0.6) is 23.0 Å². The molecular formula is C29H38O8. The third-order valence-corrected chi connectivity index (χ3v) is 5.94. The van der Waals surface area contributed by atoms with Gasteiger partial charge in [0.05, 0.1) is 13.2 Å². The van der Waals surface area contributed by atoms with E-state index in [2.05, 4.69) is 6.58 Å². The fourth-order valence-corrected chi connectivity index (χ4v) is 3.96. The SMILES string of the molecule is C=CCCCCCCC1(OCC(=O)O)COc2ccccc2OCCOCCOc2ccccc2OC1. The second-order valence-electron chi connectivity index (χ2n) is 8.89. The van der Waals surface area contributed by atoms with E-state index in [0.717, 1.165) is 32.1 Å². The summed E-state index contributed by atoms with van der Waals surface area (Å²) in [4.78, 5) is 11.5. The summed E-state index contributed by atoms with van der Waals surface area (Å²) < 4.78 is 35.8. The molecule has 1 heterocycles. The Morgan fingerprint density at radius 2 is 1.32 bits per heavy atom. The van der Waals surface area contributed by atoms with Crippen molar-refractivity contribution in [1.29, 1.82) is 0 Å². The van der Waals surface area contributed by atoms with Gasteiger partial charge < -0.3 is 33.5 Å². The van der Waals surface area contributed by atoms with E-state index in [-0.39, 0.29) is 13.2 Å². The molecule has 0 atom stereocenters. The molecule has 1 aliphatic rings. The van der Waals surface area contributed by atoms with Gasteiger partial charge in [-0.15, -0.1) is 6.58 Å². The average molecular weight is 515 g/mol. The first-order valence-corrected chi connectivity index (χ1v) is 12.9. The van der Waals surface area contributed by atoms with Crippen LogP contribution in [-0.4, -0.2) is 62.9 Å². The predicted octanol–water partition coefficient (Wildman–Crippen LogP) is 5.30. The molecule has 2 aromatic carbocycles. The normalized spacial score (nSPS) is 16.0. The Labute approximate surface area is 219 Å². The summed E-state index contributed by atoms with van der Waals surface area (Å²) in [7, 11) is 0. The maximum atomic E-state index is 11.5. The fourth-order valence-electron chi connectivity index (χ4n) is 3.96. The fraction of sp³-hybridized carbons (Fsp3) is 0.483. The third kappa shape index (κ3) is 9.98. The number of carbonyl (C=O) groups is 1. The topological polar surface area (TPSA) is 92.7 Å². The van der Waals surface area contributed by atoms with Crippen molar-refractivity contribution in [1.82, 2.24) is 0 Å². The molecular weight excluding hydrogens is 476 g/mol. The van der Waals surface area contributed by atoms with E-state index in [1.54, 1.807) is 0 Å². The van der Waals surface area contributed by atoms with Crippen LogP contribution in [0.3, 0.4) is 0 Å². The Morgan fingerprint density at radius 1 is 0.811 bits per heavy atom. The molecule has 2 aromatic rings. The van der Waals surface area contributed by atoms with E-state index in [0.29, 0.717) is 55.8 Å². The van der Waals surface area contributed by atoms with Crippen LogP contribution in [0.2, 0.25) is 0 Å². The molecule has 0 bridgehead atoms. The Kier molecular flexibility index (Phi) is 12.1. The van der Waals surface area contributed by atoms with Crippen molar-refractivity contribution in [3.63, 3.8) is 0 Å². The number of fused-ring (bicyclic) bond motifs is 2. The van der Waals surface area contributed by atoms with Gasteiger partial charge in [-0.25, -0.2) is 4.79 Å². The Balaban J connectivity index is 1.85. The van der Waals surface area contributed by atoms with Crippen LogP contribution in [0.1, 0.15) is 38.5 Å². The molecule has 0 saturated heterocycles. The second-order valence-corrected chi connectivity index (χ2v) is 8.89. The average Bonchev–Trinajstić information content (AvgIpc) is 2.91. The summed E-state index contributed by atoms with van der Waals surface area (Å²) in [6, 6.07) is 14.8. The van der Waals surface area contributed by atoms with Gasteiger partial charge in [0.15, 0.2) is 23.0 Å². The third-order valence-electron chi connectivity index (χ3n) is 5.94. The van der Waals surface area contributed by atoms with Crippen LogP contribution in [0.25, 0.3) is 0 Å². The smallest absolute Gasteiger partial charge is 0.329 e. The first-order chi connectivity index (χ1) is 18.1. The molecule has 0 amide bonds. The minimum absolute atomic E-state index is 0.0901. The monoisotopic (exact) mass is 514 g/mol. The molecule has 37 heavy (non-hydrogen) atoms. The number of carboxylic acids is 1. The molecule has 202 valence electrons. The summed E-state index contributed by atoms with van der Waals surface area (Å²) in [6.07, 6.45) is 7.39. The summed E-state index contributed by atoms with van der Waals surface area (Å²) in [5, 5.41) is 9.41. The van der Waals surface area contributed by atoms with Gasteiger partial charge in [-0.3, -0.25) is 0 Å². The maximum absolute atomic E-state index is 11.5. The van der Waals surface area contributed by atoms with Crippen molar-refractivity contribution in [2.75, 3.05) is 46.2 Å². The van der Waals surface area contributed by atoms with Gasteiger partial charge in [0.25, 0.3) is 0 Å². The number of unbranched alkanes of at least 4 members (excludes halogenated alkanes) is 4. The van der Waals surface area contributed by atoms with Gasteiger partial charge in [0.1, 0.15) is 38.6 Å². The first-order valence-electron chi connectivity index (χ1n) is 12.9. The largest absolute Gasteiger partial charge is 0.487 e. The molecule has 0 saturated carbocycles. The quantitative estimate of drug-likeness (QED) is 0.337. The Morgan fingerprint density at radius 3 is 1.84 bits per heavy atom. The van der Waals surface area contributed by atoms with E-state index < -0.39 is 18.2 Å². The molecule has 0 spiro atoms. The van der Waals surface area contributed by atoms with Crippen LogP contribution in [0.4, 0.5) is 0 Å². The lowest BCUT2D eigenvalue weighted by Gasteiger charge is -2.33. The molecule has 8 nitrogen and oxygen atoms in total. The van der Waals surface area contributed by atoms with Gasteiger partial charge in [-0.2, -0.15) is 0 Å². The van der Waals surface area contributed by atoms with Crippen LogP contribution in [0, 0.1) is 0 Å². The lowest BCUT2D eigenvalue weighted by atomic mass is 9.96. The summed E-state index contributed by atoms with van der Waals surface area (Å²) in [5.74, 6) is 1.21. The van der Waals surface area contributed by atoms with Gasteiger partial charge >= 0.3 is 5.97 Å². The zero-order valence-corrected chi connectivity index (χ0v) is 21.4. The zero-order valence-electron chi connectivity index (χ0n) is 21.4. The standard InChI is InChI=1S/C29H38O8/c1-2-3-4-5-6-11-16-29(37-21-28(30)31)22-35-26-14-9-7-12-24(26)33-19-17-32-18-20-34-25-13-8-10-15-27(25)36-23-29/h2,7-10,12-15H,1,3-6,11,16-23H2,(H,30,31). The minimum atomic E-state index is -1.05. The van der Waals surface area contributed by atoms with Crippen molar-refractivity contribution in [2.24, 2.45) is 0 Å². The number of benzene rings is 2. The van der Waals surface area contributed by atoms with E-state index in [1.807, 2.05) is 54.6 Å². The van der Waals surface area contributed by atoms with Crippen molar-refractivity contribution >= 4 is 5.97 Å². The van der Waals surface area contributed by atoms with Crippen molar-refractivity contribution < 1.29 is 38.3 Å². The van der Waals surface area contributed by atoms with Crippen LogP contribution >= 0.6 is 0 Å². The van der Waals surface area contributed by atoms with E-state index >= 15 is 0 Å². The zero-order chi connectivity index (χ0) is 26.2. The van der Waals surface area contributed by atoms with Gasteiger partial charge in [0, 0.05) is 0 Å². The van der Waals surface area contributed by atoms with Crippen molar-refractivity contribution in [2.45, 2.75) is 44.1 Å². The molecule has 3 rings (SSSR count). The predicted molar refractivity (Wildman–Crippen MR) is 140 cm³/mol. The van der Waals surface area contributed by atoms with E-state index in [9.17, 15) is 9.90 Å². The first kappa shape index (κ1) is 28.3. The molecule has 8 heteroatoms. The summed E-state index contributed by atoms with van der Waals surface area (Å²) in [6.45, 7) is 4.99. The van der Waals surface area contributed by atoms with Crippen LogP contribution < -0.4 is 18.9 Å². The molecule has 1 aliphatic heterocycles. The van der Waals surface area contributed by atoms with Gasteiger partial charge in [0.2, 0.25) is 0 Å². The number of carboxylic acid groups (broad SMARTS) is 1. The number of ether oxygens (including phenoxy) is 6. The highest BCUT2D eigenvalue weighted by Gasteiger charge is 2.35. The van der Waals surface area contributed by atoms with Crippen LogP contribution in [-0.2, 0) is 14.3 Å². The molecule has 0 aliphatic carbocycles. The highest BCUT2D eigenvalue weighted by molar-refractivity contribution is 5.68. The number of para-hydroxylation sites is 4. The molecule has 0 aromatic heterocycles. The lowest BCUT2D eigenvalue weighted by molar-refractivity contribution is -0.156. The number of hydrogen-bond acceptors (Lipinski definition) is 7. The van der Waals surface area contributed by atoms with Gasteiger partial charge in [-0.1, -0.05) is 49.6 Å². The number of rotatable bonds is 10. The summed E-state index contributed by atoms with van der Waals surface area (Å²) >= 11 is 0. The van der Waals surface area contributed by atoms with E-state index in [4.69, 9.17) is 28.4 Å². The van der Waals surface area contributed by atoms with Gasteiger partial charge in [-0.05, 0) is 43.5 Å². The summed E-state index contributed by atoms with van der Waals surface area (Å²) in [5.41, 5.74) is -1.00. The number of hydrogen-bond donors (Lipinski definition) is 1. The number of aliphatic carboxylic acids is 1. The highest BCUT2D eigenvalue weighted by Crippen LogP contribution is 2.32. The van der Waals surface area contributed by atoms with Crippen molar-refractivity contribution in [3.8, 4) is 23.0 Å². The minimum Gasteiger partial charge on any atom is -0.487 e. The van der Waals surface area contributed by atoms with E-state index in [1.165, 1.54) is 0 Å². The maximum Gasteiger partial charge on any atom is 0.329 e. The molecule has 0 fully saturated rings. The highest BCUT2D eigenvalue weighted by atomic mass is 16.6. The Bertz CT molecular complexity index is 905. The number of allylic oxidation sites excluding steroid dienone is 1. The molecule has 0 unspecified atom stereocenters. The second kappa shape index (κ2) is 15.8. The molecule has 1 N–H and O–H groups in total. The Hall–Kier alpha value is -3.23. The molecule has 0 radical (unpaired) electrons.